The van der Waals surface area contributed by atoms with Gasteiger partial charge in [-0.15, -0.1) is 5.10 Å². The molecule has 126 valence electrons. The summed E-state index contributed by atoms with van der Waals surface area (Å²) >= 11 is 0. The van der Waals surface area contributed by atoms with E-state index in [1.54, 1.807) is 4.68 Å². The Hall–Kier alpha value is -1.74. The molecule has 0 radical (unpaired) electrons. The molecular formula is C14H18F3N5O. The van der Waals surface area contributed by atoms with Crippen molar-refractivity contribution in [2.45, 2.75) is 38.5 Å². The van der Waals surface area contributed by atoms with Gasteiger partial charge in [-0.05, 0) is 36.3 Å². The molecule has 1 aliphatic heterocycles. The third-order valence-electron chi connectivity index (χ3n) is 4.15. The van der Waals surface area contributed by atoms with Crippen LogP contribution in [0, 0.1) is 0 Å². The van der Waals surface area contributed by atoms with Crippen LogP contribution >= 0.6 is 0 Å². The van der Waals surface area contributed by atoms with Gasteiger partial charge >= 0.3 is 6.18 Å². The number of hydrogen-bond acceptors (Lipinski definition) is 5. The number of hydrogen-bond donors (Lipinski definition) is 0. The third kappa shape index (κ3) is 3.61. The molecule has 0 N–H and O–H groups in total. The van der Waals surface area contributed by atoms with Crippen LogP contribution in [-0.2, 0) is 11.3 Å². The van der Waals surface area contributed by atoms with E-state index in [2.05, 4.69) is 27.3 Å². The molecule has 23 heavy (non-hydrogen) atoms. The van der Waals surface area contributed by atoms with Gasteiger partial charge < -0.3 is 4.74 Å². The summed E-state index contributed by atoms with van der Waals surface area (Å²) in [7, 11) is 0. The minimum absolute atomic E-state index is 0.0530. The summed E-state index contributed by atoms with van der Waals surface area (Å²) in [4.78, 5) is 2.20. The van der Waals surface area contributed by atoms with E-state index < -0.39 is 11.7 Å². The molecule has 3 rings (SSSR count). The first-order valence-electron chi connectivity index (χ1n) is 7.51. The van der Waals surface area contributed by atoms with Gasteiger partial charge in [0.2, 0.25) is 0 Å². The van der Waals surface area contributed by atoms with Gasteiger partial charge in [-0.2, -0.15) is 13.2 Å². The molecule has 2 heterocycles. The van der Waals surface area contributed by atoms with Gasteiger partial charge in [0.1, 0.15) is 0 Å². The van der Waals surface area contributed by atoms with Crippen molar-refractivity contribution in [2.75, 3.05) is 19.8 Å². The number of ether oxygens (including phenoxy) is 1. The minimum Gasteiger partial charge on any atom is -0.379 e. The summed E-state index contributed by atoms with van der Waals surface area (Å²) in [6.45, 7) is 4.70. The van der Waals surface area contributed by atoms with Crippen LogP contribution in [0.15, 0.2) is 17.7 Å². The Morgan fingerprint density at radius 2 is 2.13 bits per heavy atom. The molecule has 1 aromatic rings. The number of halogens is 3. The zero-order valence-corrected chi connectivity index (χ0v) is 12.8. The van der Waals surface area contributed by atoms with Crippen LogP contribution in [0.2, 0.25) is 0 Å². The second-order valence-electron chi connectivity index (χ2n) is 5.75. The highest BCUT2D eigenvalue weighted by Gasteiger charge is 2.34. The molecule has 6 nitrogen and oxygen atoms in total. The lowest BCUT2D eigenvalue weighted by Crippen LogP contribution is -2.43. The molecule has 1 saturated heterocycles. The SMILES string of the molecule is C[C@@H]1COCCN1Cc1nnnn1C1=CC=C(C(F)(F)F)CC1. The maximum Gasteiger partial charge on any atom is 0.412 e. The summed E-state index contributed by atoms with van der Waals surface area (Å²) < 4.78 is 45.0. The van der Waals surface area contributed by atoms with E-state index in [0.717, 1.165) is 12.6 Å². The van der Waals surface area contributed by atoms with Gasteiger partial charge in [-0.3, -0.25) is 4.90 Å². The van der Waals surface area contributed by atoms with Crippen LogP contribution in [0.1, 0.15) is 25.6 Å². The molecular weight excluding hydrogens is 311 g/mol. The first kappa shape index (κ1) is 16.1. The number of nitrogens with zero attached hydrogens (tertiary/aromatic N) is 5. The van der Waals surface area contributed by atoms with Crippen LogP contribution in [0.25, 0.3) is 5.70 Å². The van der Waals surface area contributed by atoms with Crippen molar-refractivity contribution in [3.63, 3.8) is 0 Å². The zero-order valence-electron chi connectivity index (χ0n) is 12.8. The Balaban J connectivity index is 1.76. The van der Waals surface area contributed by atoms with E-state index in [1.165, 1.54) is 6.08 Å². The Labute approximate surface area is 131 Å². The number of rotatable bonds is 3. The van der Waals surface area contributed by atoms with Gasteiger partial charge in [-0.25, -0.2) is 4.68 Å². The topological polar surface area (TPSA) is 56.1 Å². The first-order valence-corrected chi connectivity index (χ1v) is 7.51. The maximum absolute atomic E-state index is 12.7. The van der Waals surface area contributed by atoms with Crippen LogP contribution < -0.4 is 0 Å². The third-order valence-corrected chi connectivity index (χ3v) is 4.15. The van der Waals surface area contributed by atoms with E-state index in [9.17, 15) is 13.2 Å². The molecule has 0 unspecified atom stereocenters. The zero-order chi connectivity index (χ0) is 16.4. The van der Waals surface area contributed by atoms with Crippen molar-refractivity contribution in [3.8, 4) is 0 Å². The molecule has 1 aromatic heterocycles. The monoisotopic (exact) mass is 329 g/mol. The predicted octanol–water partition coefficient (Wildman–Crippen LogP) is 2.02. The van der Waals surface area contributed by atoms with Gasteiger partial charge in [0.25, 0.3) is 0 Å². The van der Waals surface area contributed by atoms with Crippen molar-refractivity contribution in [1.29, 1.82) is 0 Å². The van der Waals surface area contributed by atoms with E-state index in [1.807, 2.05) is 0 Å². The predicted molar refractivity (Wildman–Crippen MR) is 76.2 cm³/mol. The fourth-order valence-corrected chi connectivity index (χ4v) is 2.74. The van der Waals surface area contributed by atoms with Crippen LogP contribution in [-0.4, -0.2) is 57.1 Å². The van der Waals surface area contributed by atoms with E-state index >= 15 is 0 Å². The van der Waals surface area contributed by atoms with E-state index in [0.29, 0.717) is 31.3 Å². The van der Waals surface area contributed by atoms with E-state index in [-0.39, 0.29) is 18.9 Å². The van der Waals surface area contributed by atoms with Crippen molar-refractivity contribution >= 4 is 5.70 Å². The molecule has 0 saturated carbocycles. The molecule has 2 aliphatic rings. The summed E-state index contributed by atoms with van der Waals surface area (Å²) in [5.74, 6) is 0.633. The van der Waals surface area contributed by atoms with Crippen LogP contribution in [0.5, 0.6) is 0 Å². The highest BCUT2D eigenvalue weighted by molar-refractivity contribution is 5.51. The number of alkyl halides is 3. The van der Waals surface area contributed by atoms with Gasteiger partial charge in [-0.1, -0.05) is 6.08 Å². The number of aromatic nitrogens is 4. The van der Waals surface area contributed by atoms with Crippen molar-refractivity contribution in [3.05, 3.63) is 23.5 Å². The van der Waals surface area contributed by atoms with Crippen LogP contribution in [0.3, 0.4) is 0 Å². The lowest BCUT2D eigenvalue weighted by Gasteiger charge is -2.32. The van der Waals surface area contributed by atoms with Crippen molar-refractivity contribution in [2.24, 2.45) is 0 Å². The normalized spacial score (nSPS) is 23.6. The highest BCUT2D eigenvalue weighted by atomic mass is 19.4. The fraction of sp³-hybridized carbons (Fsp3) is 0.643. The molecule has 0 aromatic carbocycles. The minimum atomic E-state index is -4.27. The standard InChI is InChI=1S/C14H18F3N5O/c1-10-9-23-7-6-21(10)8-13-18-19-20-22(13)12-4-2-11(3-5-12)14(15,16)17/h2,4,10H,3,5-9H2,1H3/t10-/m1/s1. The van der Waals surface area contributed by atoms with Gasteiger partial charge in [0.15, 0.2) is 5.82 Å². The quantitative estimate of drug-likeness (QED) is 0.849. The molecule has 9 heteroatoms. The van der Waals surface area contributed by atoms with E-state index in [4.69, 9.17) is 4.74 Å². The second kappa shape index (κ2) is 6.40. The molecule has 0 spiro atoms. The lowest BCUT2D eigenvalue weighted by atomic mass is 10.0. The highest BCUT2D eigenvalue weighted by Crippen LogP contribution is 2.34. The molecule has 0 bridgehead atoms. The summed E-state index contributed by atoms with van der Waals surface area (Å²) in [5, 5.41) is 11.6. The average Bonchev–Trinajstić information content (AvgIpc) is 2.97. The molecule has 1 fully saturated rings. The number of allylic oxidation sites excluding steroid dienone is 4. The first-order chi connectivity index (χ1) is 10.9. The maximum atomic E-state index is 12.7. The summed E-state index contributed by atoms with van der Waals surface area (Å²) in [6, 6.07) is 0.256. The van der Waals surface area contributed by atoms with Crippen molar-refractivity contribution in [1.82, 2.24) is 25.1 Å². The number of tetrazole rings is 1. The molecule has 1 atom stereocenters. The Kier molecular flexibility index (Phi) is 4.49. The Bertz CT molecular complexity index is 622. The van der Waals surface area contributed by atoms with Gasteiger partial charge in [0.05, 0.1) is 19.8 Å². The molecule has 0 amide bonds. The molecule has 1 aliphatic carbocycles. The van der Waals surface area contributed by atoms with Gasteiger partial charge in [0, 0.05) is 23.9 Å². The lowest BCUT2D eigenvalue weighted by molar-refractivity contribution is -0.0939. The fourth-order valence-electron chi connectivity index (χ4n) is 2.74. The van der Waals surface area contributed by atoms with Crippen LogP contribution in [0.4, 0.5) is 13.2 Å². The Morgan fingerprint density at radius 1 is 1.30 bits per heavy atom. The average molecular weight is 329 g/mol. The van der Waals surface area contributed by atoms with Crippen molar-refractivity contribution < 1.29 is 17.9 Å². The second-order valence-corrected chi connectivity index (χ2v) is 5.75. The Morgan fingerprint density at radius 3 is 2.78 bits per heavy atom. The smallest absolute Gasteiger partial charge is 0.379 e. The summed E-state index contributed by atoms with van der Waals surface area (Å²) in [6.07, 6.45) is -1.49. The summed E-state index contributed by atoms with van der Waals surface area (Å²) in [5.41, 5.74) is 0.164. The number of morpholine rings is 1. The largest absolute Gasteiger partial charge is 0.412 e.